The smallest absolute Gasteiger partial charge is 0.195 e. The van der Waals surface area contributed by atoms with E-state index in [1.54, 1.807) is 0 Å². The molecule has 52 heavy (non-hydrogen) atoms. The molecule has 0 spiro atoms. The van der Waals surface area contributed by atoms with Crippen LogP contribution in [0.1, 0.15) is 54.8 Å². The number of pyridine rings is 2. The lowest BCUT2D eigenvalue weighted by atomic mass is 9.79. The molecule has 3 N–H and O–H groups in total. The van der Waals surface area contributed by atoms with Gasteiger partial charge in [-0.1, -0.05) is 85.0 Å². The predicted octanol–water partition coefficient (Wildman–Crippen LogP) is 7.45. The summed E-state index contributed by atoms with van der Waals surface area (Å²) in [6.07, 6.45) is 25.0. The van der Waals surface area contributed by atoms with Crippen LogP contribution in [-0.4, -0.2) is 39.0 Å². The van der Waals surface area contributed by atoms with Crippen LogP contribution in [0.15, 0.2) is 168 Å². The molecular weight excluding hydrogens is 643 g/mol. The number of amidine groups is 1. The number of benzene rings is 2. The van der Waals surface area contributed by atoms with E-state index >= 15 is 0 Å². The quantitative estimate of drug-likeness (QED) is 0.195. The van der Waals surface area contributed by atoms with E-state index in [2.05, 4.69) is 122 Å². The van der Waals surface area contributed by atoms with Crippen molar-refractivity contribution in [3.63, 3.8) is 0 Å². The summed E-state index contributed by atoms with van der Waals surface area (Å²) in [5.41, 5.74) is 9.69. The minimum absolute atomic E-state index is 0.105. The van der Waals surface area contributed by atoms with E-state index < -0.39 is 0 Å². The monoisotopic (exact) mass is 683 g/mol. The highest BCUT2D eigenvalue weighted by Crippen LogP contribution is 2.53. The van der Waals surface area contributed by atoms with Crippen LogP contribution in [0.5, 0.6) is 0 Å². The summed E-state index contributed by atoms with van der Waals surface area (Å²) in [5, 5.41) is 11.2. The van der Waals surface area contributed by atoms with Crippen molar-refractivity contribution in [1.82, 2.24) is 30.8 Å². The maximum atomic E-state index is 6.79. The summed E-state index contributed by atoms with van der Waals surface area (Å²) in [7, 11) is 0. The number of hydrogen-bond donors (Lipinski definition) is 3. The Bertz CT molecular complexity index is 2140. The van der Waals surface area contributed by atoms with Crippen LogP contribution in [0.2, 0.25) is 0 Å². The van der Waals surface area contributed by atoms with E-state index in [0.29, 0.717) is 23.9 Å². The molecule has 8 nitrogen and oxygen atoms in total. The summed E-state index contributed by atoms with van der Waals surface area (Å²) >= 11 is 0. The molecule has 2 aromatic heterocycles. The number of aliphatic imine (C=N–C) groups is 1. The number of rotatable bonds is 6. The van der Waals surface area contributed by atoms with E-state index in [-0.39, 0.29) is 18.6 Å². The zero-order valence-electron chi connectivity index (χ0n) is 28.8. The molecule has 5 heterocycles. The number of fused-ring (bicyclic) bond motifs is 4. The predicted molar refractivity (Wildman–Crippen MR) is 203 cm³/mol. The Hall–Kier alpha value is -5.73. The average molecular weight is 684 g/mol. The van der Waals surface area contributed by atoms with E-state index in [9.17, 15) is 0 Å². The van der Waals surface area contributed by atoms with Crippen molar-refractivity contribution in [2.24, 2.45) is 16.8 Å². The summed E-state index contributed by atoms with van der Waals surface area (Å²) < 4.78 is 6.79. The van der Waals surface area contributed by atoms with Crippen molar-refractivity contribution < 1.29 is 4.74 Å². The molecule has 4 aromatic rings. The van der Waals surface area contributed by atoms with Gasteiger partial charge in [0.2, 0.25) is 0 Å². The zero-order valence-corrected chi connectivity index (χ0v) is 28.8. The standard InChI is InChI=1S/C44H41N7O/c1-2-6-33(7-3-1)44-47-36-18-19-38-39(40(36)52-44)35-8-4-5-9-37(35)51(38)34-16-14-31(15-17-34)42-48-41(49-43(50-42)32-22-26-46-27-23-32)30-12-10-28(11-13-30)29-20-24-45-25-21-29/h1-14,16,20-27,35,37-39,41-42,44,47-48H,15,17-19H2,(H,49,50). The largest absolute Gasteiger partial charge is 0.469 e. The molecule has 0 saturated carbocycles. The molecule has 8 heteroatoms. The lowest BCUT2D eigenvalue weighted by Crippen LogP contribution is -2.49. The van der Waals surface area contributed by atoms with E-state index in [4.69, 9.17) is 9.73 Å². The van der Waals surface area contributed by atoms with Crippen molar-refractivity contribution in [1.29, 1.82) is 0 Å². The molecule has 0 bridgehead atoms. The fourth-order valence-corrected chi connectivity index (χ4v) is 9.02. The van der Waals surface area contributed by atoms with E-state index in [0.717, 1.165) is 48.2 Å². The number of nitrogens with one attached hydrogen (secondary N) is 3. The topological polar surface area (TPSA) is 86.7 Å². The van der Waals surface area contributed by atoms with Crippen molar-refractivity contribution in [3.8, 4) is 11.1 Å². The summed E-state index contributed by atoms with van der Waals surface area (Å²) in [5.74, 6) is 2.76. The van der Waals surface area contributed by atoms with Gasteiger partial charge in [-0.25, -0.2) is 4.99 Å². The second-order valence-corrected chi connectivity index (χ2v) is 14.4. The van der Waals surface area contributed by atoms with E-state index in [1.165, 1.54) is 33.9 Å². The Kier molecular flexibility index (Phi) is 7.83. The van der Waals surface area contributed by atoms with Crippen LogP contribution in [0.3, 0.4) is 0 Å². The molecule has 10 rings (SSSR count). The molecule has 3 aliphatic carbocycles. The number of likely N-dealkylation sites (tertiary alicyclic amines) is 1. The van der Waals surface area contributed by atoms with E-state index in [1.807, 2.05) is 49.1 Å². The molecule has 0 amide bonds. The van der Waals surface area contributed by atoms with Gasteiger partial charge in [0.1, 0.15) is 23.9 Å². The first-order valence-corrected chi connectivity index (χ1v) is 18.5. The first kappa shape index (κ1) is 31.0. The first-order valence-electron chi connectivity index (χ1n) is 18.5. The van der Waals surface area contributed by atoms with Gasteiger partial charge >= 0.3 is 0 Å². The number of ether oxygens (including phenoxy) is 1. The van der Waals surface area contributed by atoms with Crippen LogP contribution >= 0.6 is 0 Å². The lowest BCUT2D eigenvalue weighted by Gasteiger charge is -2.38. The minimum Gasteiger partial charge on any atom is -0.469 e. The maximum absolute atomic E-state index is 6.79. The molecule has 1 saturated heterocycles. The molecule has 0 radical (unpaired) electrons. The van der Waals surface area contributed by atoms with Crippen molar-refractivity contribution in [2.45, 2.75) is 56.3 Å². The van der Waals surface area contributed by atoms with Crippen molar-refractivity contribution in [2.75, 3.05) is 0 Å². The molecule has 1 fully saturated rings. The number of aromatic nitrogens is 2. The highest BCUT2D eigenvalue weighted by atomic mass is 16.5. The van der Waals surface area contributed by atoms with Crippen molar-refractivity contribution >= 4 is 5.84 Å². The van der Waals surface area contributed by atoms with Gasteiger partial charge in [0, 0.05) is 59.5 Å². The van der Waals surface area contributed by atoms with Gasteiger partial charge in [-0.05, 0) is 78.3 Å². The minimum atomic E-state index is -0.154. The normalized spacial score (nSPS) is 28.7. The molecule has 7 unspecified atom stereocenters. The van der Waals surface area contributed by atoms with Crippen LogP contribution < -0.4 is 16.0 Å². The second-order valence-electron chi connectivity index (χ2n) is 14.4. The summed E-state index contributed by atoms with van der Waals surface area (Å²) in [6, 6.07) is 28.1. The van der Waals surface area contributed by atoms with Crippen LogP contribution in [0.25, 0.3) is 11.1 Å². The summed E-state index contributed by atoms with van der Waals surface area (Å²) in [6.45, 7) is 0. The SMILES string of the molecule is C1=CC2C3C4=C(CCC3N(C3=CC=C(C5N=C(c6ccncc6)NC(c6ccc(-c7ccncc7)cc6)N5)CC3)C2C=C1)NC(c1ccccc1)O4. The summed E-state index contributed by atoms with van der Waals surface area (Å²) in [4.78, 5) is 16.4. The highest BCUT2D eigenvalue weighted by molar-refractivity contribution is 5.99. The number of nitrogens with zero attached hydrogens (tertiary/aromatic N) is 4. The van der Waals surface area contributed by atoms with Gasteiger partial charge < -0.3 is 20.3 Å². The van der Waals surface area contributed by atoms with Gasteiger partial charge in [0.15, 0.2) is 6.23 Å². The van der Waals surface area contributed by atoms with Gasteiger partial charge in [0.05, 0.1) is 11.7 Å². The van der Waals surface area contributed by atoms with Crippen LogP contribution in [0, 0.1) is 11.8 Å². The Morgan fingerprint density at radius 3 is 2.21 bits per heavy atom. The third kappa shape index (κ3) is 5.54. The Morgan fingerprint density at radius 1 is 0.692 bits per heavy atom. The zero-order chi connectivity index (χ0) is 34.4. The molecule has 2 aromatic carbocycles. The molecule has 6 aliphatic rings. The van der Waals surface area contributed by atoms with Crippen LogP contribution in [-0.2, 0) is 4.74 Å². The molecule has 3 aliphatic heterocycles. The second kappa shape index (κ2) is 13.1. The third-order valence-corrected chi connectivity index (χ3v) is 11.5. The van der Waals surface area contributed by atoms with Gasteiger partial charge in [-0.3, -0.25) is 15.3 Å². The number of hydrogen-bond acceptors (Lipinski definition) is 8. The average Bonchev–Trinajstić information content (AvgIpc) is 3.82. The van der Waals surface area contributed by atoms with Gasteiger partial charge in [0.25, 0.3) is 0 Å². The van der Waals surface area contributed by atoms with Gasteiger partial charge in [-0.15, -0.1) is 0 Å². The molecule has 7 atom stereocenters. The highest BCUT2D eigenvalue weighted by Gasteiger charge is 2.54. The fourth-order valence-electron chi connectivity index (χ4n) is 9.02. The van der Waals surface area contributed by atoms with Crippen LogP contribution in [0.4, 0.5) is 0 Å². The Morgan fingerprint density at radius 2 is 1.44 bits per heavy atom. The molecule has 258 valence electrons. The Labute approximate surface area is 304 Å². The lowest BCUT2D eigenvalue weighted by molar-refractivity contribution is 0.0938. The Balaban J connectivity index is 0.927. The first-order chi connectivity index (χ1) is 25.8. The van der Waals surface area contributed by atoms with Crippen molar-refractivity contribution in [3.05, 3.63) is 180 Å². The maximum Gasteiger partial charge on any atom is 0.195 e. The fraction of sp³-hybridized carbons (Fsp3) is 0.250. The van der Waals surface area contributed by atoms with Gasteiger partial charge in [-0.2, -0.15) is 0 Å². The third-order valence-electron chi connectivity index (χ3n) is 11.5. The molecular formula is C44H41N7O. The number of allylic oxidation sites excluding steroid dienone is 6.